The number of aliphatic carboxylic acids is 1. The van der Waals surface area contributed by atoms with Crippen LogP contribution < -0.4 is 0 Å². The number of aromatic nitrogens is 2. The van der Waals surface area contributed by atoms with Crippen molar-refractivity contribution < 1.29 is 9.90 Å². The highest BCUT2D eigenvalue weighted by molar-refractivity contribution is 7.99. The molecule has 0 aliphatic carbocycles. The second kappa shape index (κ2) is 5.10. The molecule has 94 valence electrons. The largest absolute Gasteiger partial charge is 0.480 e. The first-order chi connectivity index (χ1) is 8.11. The molecule has 1 aromatic rings. The fourth-order valence-corrected chi connectivity index (χ4v) is 3.19. The van der Waals surface area contributed by atoms with Crippen LogP contribution >= 0.6 is 11.8 Å². The Labute approximate surface area is 105 Å². The second-order valence-corrected chi connectivity index (χ2v) is 5.46. The van der Waals surface area contributed by atoms with Crippen LogP contribution in [-0.2, 0) is 4.79 Å². The molecule has 2 rings (SSSR count). The van der Waals surface area contributed by atoms with Gasteiger partial charge in [0, 0.05) is 35.9 Å². The lowest BCUT2D eigenvalue weighted by Crippen LogP contribution is -2.40. The quantitative estimate of drug-likeness (QED) is 0.849. The van der Waals surface area contributed by atoms with Gasteiger partial charge < -0.3 is 5.11 Å². The number of thioether (sulfide) groups is 1. The number of hydrogen-bond acceptors (Lipinski definition) is 4. The number of nitrogens with one attached hydrogen (secondary N) is 1. The second-order valence-electron chi connectivity index (χ2n) is 4.24. The van der Waals surface area contributed by atoms with Gasteiger partial charge in [-0.15, -0.1) is 0 Å². The molecule has 0 radical (unpaired) electrons. The van der Waals surface area contributed by atoms with Crippen molar-refractivity contribution in [1.29, 1.82) is 0 Å². The van der Waals surface area contributed by atoms with E-state index in [1.807, 2.05) is 30.5 Å². The van der Waals surface area contributed by atoms with Crippen LogP contribution in [0.5, 0.6) is 0 Å². The van der Waals surface area contributed by atoms with Gasteiger partial charge in [-0.05, 0) is 13.8 Å². The summed E-state index contributed by atoms with van der Waals surface area (Å²) in [6.45, 7) is 5.38. The predicted molar refractivity (Wildman–Crippen MR) is 67.3 cm³/mol. The molecule has 1 aliphatic heterocycles. The highest BCUT2D eigenvalue weighted by atomic mass is 32.2. The SMILES string of the molecule is Cc1n[nH]c(C)c1[C@H](C(=O)O)N1CCSCC1. The van der Waals surface area contributed by atoms with Crippen LogP contribution in [0.3, 0.4) is 0 Å². The Morgan fingerprint density at radius 1 is 1.47 bits per heavy atom. The van der Waals surface area contributed by atoms with Crippen LogP contribution in [0.4, 0.5) is 0 Å². The van der Waals surface area contributed by atoms with Crippen molar-refractivity contribution in [3.8, 4) is 0 Å². The summed E-state index contributed by atoms with van der Waals surface area (Å²) in [7, 11) is 0. The zero-order valence-corrected chi connectivity index (χ0v) is 10.9. The lowest BCUT2D eigenvalue weighted by atomic mass is 10.0. The summed E-state index contributed by atoms with van der Waals surface area (Å²) < 4.78 is 0. The summed E-state index contributed by atoms with van der Waals surface area (Å²) in [5.41, 5.74) is 2.46. The van der Waals surface area contributed by atoms with Gasteiger partial charge in [-0.25, -0.2) is 0 Å². The van der Waals surface area contributed by atoms with Crippen LogP contribution in [0.2, 0.25) is 0 Å². The van der Waals surface area contributed by atoms with Crippen LogP contribution in [0.25, 0.3) is 0 Å². The van der Waals surface area contributed by atoms with E-state index in [-0.39, 0.29) is 0 Å². The maximum atomic E-state index is 11.5. The third-order valence-electron chi connectivity index (χ3n) is 3.10. The highest BCUT2D eigenvalue weighted by Gasteiger charge is 2.32. The summed E-state index contributed by atoms with van der Waals surface area (Å²) in [4.78, 5) is 13.5. The molecule has 1 atom stereocenters. The van der Waals surface area contributed by atoms with E-state index in [0.29, 0.717) is 0 Å². The molecule has 1 fully saturated rings. The van der Waals surface area contributed by atoms with Crippen LogP contribution in [-0.4, -0.2) is 50.8 Å². The number of carbonyl (C=O) groups is 1. The van der Waals surface area contributed by atoms with E-state index >= 15 is 0 Å². The lowest BCUT2D eigenvalue weighted by molar-refractivity contribution is -0.143. The third-order valence-corrected chi connectivity index (χ3v) is 4.05. The van der Waals surface area contributed by atoms with Gasteiger partial charge in [-0.2, -0.15) is 16.9 Å². The van der Waals surface area contributed by atoms with E-state index < -0.39 is 12.0 Å². The minimum absolute atomic E-state index is 0.561. The molecular formula is C11H17N3O2S. The molecule has 0 bridgehead atoms. The minimum atomic E-state index is -0.787. The summed E-state index contributed by atoms with van der Waals surface area (Å²) in [5, 5.41) is 16.4. The molecular weight excluding hydrogens is 238 g/mol. The minimum Gasteiger partial charge on any atom is -0.480 e. The van der Waals surface area contributed by atoms with Gasteiger partial charge in [0.25, 0.3) is 0 Å². The van der Waals surface area contributed by atoms with Crippen LogP contribution in [0.1, 0.15) is 23.0 Å². The Morgan fingerprint density at radius 3 is 2.59 bits per heavy atom. The standard InChI is InChI=1S/C11H17N3O2S/c1-7-9(8(2)13-12-7)10(11(15)16)14-3-5-17-6-4-14/h10H,3-6H2,1-2H3,(H,12,13)(H,15,16)/t10-/m1/s1. The van der Waals surface area contributed by atoms with Crippen molar-refractivity contribution in [3.63, 3.8) is 0 Å². The average molecular weight is 255 g/mol. The number of hydrogen-bond donors (Lipinski definition) is 2. The fraction of sp³-hybridized carbons (Fsp3) is 0.636. The van der Waals surface area contributed by atoms with E-state index in [0.717, 1.165) is 41.5 Å². The number of carboxylic acid groups (broad SMARTS) is 1. The van der Waals surface area contributed by atoms with E-state index in [4.69, 9.17) is 0 Å². The Kier molecular flexibility index (Phi) is 3.73. The average Bonchev–Trinajstić information content (AvgIpc) is 2.62. The maximum absolute atomic E-state index is 11.5. The Morgan fingerprint density at radius 2 is 2.12 bits per heavy atom. The van der Waals surface area contributed by atoms with Crippen molar-refractivity contribution in [2.24, 2.45) is 0 Å². The van der Waals surface area contributed by atoms with Gasteiger partial charge in [0.1, 0.15) is 6.04 Å². The topological polar surface area (TPSA) is 69.2 Å². The van der Waals surface area contributed by atoms with Gasteiger partial charge in [-0.3, -0.25) is 14.8 Å². The van der Waals surface area contributed by atoms with Crippen LogP contribution in [0.15, 0.2) is 0 Å². The van der Waals surface area contributed by atoms with Crippen molar-refractivity contribution in [2.45, 2.75) is 19.9 Å². The smallest absolute Gasteiger partial charge is 0.325 e. The summed E-state index contributed by atoms with van der Waals surface area (Å²) >= 11 is 1.88. The zero-order valence-electron chi connectivity index (χ0n) is 10.1. The first-order valence-electron chi connectivity index (χ1n) is 5.67. The van der Waals surface area contributed by atoms with E-state index in [9.17, 15) is 9.90 Å². The predicted octanol–water partition coefficient (Wildman–Crippen LogP) is 1.20. The van der Waals surface area contributed by atoms with Crippen LogP contribution in [0, 0.1) is 13.8 Å². The van der Waals surface area contributed by atoms with Gasteiger partial charge in [0.15, 0.2) is 0 Å². The number of aromatic amines is 1. The molecule has 5 nitrogen and oxygen atoms in total. The van der Waals surface area contributed by atoms with Crippen molar-refractivity contribution in [3.05, 3.63) is 17.0 Å². The molecule has 0 spiro atoms. The molecule has 1 aromatic heterocycles. The first-order valence-corrected chi connectivity index (χ1v) is 6.83. The van der Waals surface area contributed by atoms with E-state index in [1.165, 1.54) is 0 Å². The Balaban J connectivity index is 2.31. The normalized spacial score (nSPS) is 19.2. The number of aryl methyl sites for hydroxylation is 2. The van der Waals surface area contributed by atoms with E-state index in [1.54, 1.807) is 0 Å². The molecule has 2 heterocycles. The van der Waals surface area contributed by atoms with Gasteiger partial charge in [0.2, 0.25) is 0 Å². The van der Waals surface area contributed by atoms with Crippen molar-refractivity contribution >= 4 is 17.7 Å². The van der Waals surface area contributed by atoms with Gasteiger partial charge in [-0.1, -0.05) is 0 Å². The van der Waals surface area contributed by atoms with Crippen molar-refractivity contribution in [1.82, 2.24) is 15.1 Å². The molecule has 0 aromatic carbocycles. The summed E-state index contributed by atoms with van der Waals surface area (Å²) in [6.07, 6.45) is 0. The fourth-order valence-electron chi connectivity index (χ4n) is 2.26. The zero-order chi connectivity index (χ0) is 12.4. The lowest BCUT2D eigenvalue weighted by Gasteiger charge is -2.31. The molecule has 0 saturated carbocycles. The summed E-state index contributed by atoms with van der Waals surface area (Å²) in [6, 6.07) is -0.561. The number of rotatable bonds is 3. The summed E-state index contributed by atoms with van der Waals surface area (Å²) in [5.74, 6) is 1.21. The number of carboxylic acids is 1. The molecule has 6 heteroatoms. The third kappa shape index (κ3) is 2.47. The molecule has 0 unspecified atom stereocenters. The Hall–Kier alpha value is -1.01. The number of H-pyrrole nitrogens is 1. The Bertz CT molecular complexity index is 393. The van der Waals surface area contributed by atoms with Gasteiger partial charge >= 0.3 is 5.97 Å². The molecule has 0 amide bonds. The molecule has 1 saturated heterocycles. The maximum Gasteiger partial charge on any atom is 0.325 e. The molecule has 17 heavy (non-hydrogen) atoms. The first kappa shape index (κ1) is 12.4. The van der Waals surface area contributed by atoms with E-state index in [2.05, 4.69) is 10.2 Å². The number of nitrogens with zero attached hydrogens (tertiary/aromatic N) is 2. The van der Waals surface area contributed by atoms with Crippen molar-refractivity contribution in [2.75, 3.05) is 24.6 Å². The molecule has 1 aliphatic rings. The monoisotopic (exact) mass is 255 g/mol. The van der Waals surface area contributed by atoms with Gasteiger partial charge in [0.05, 0.1) is 5.69 Å². The highest BCUT2D eigenvalue weighted by Crippen LogP contribution is 2.28. The molecule has 2 N–H and O–H groups in total.